The van der Waals surface area contributed by atoms with Gasteiger partial charge in [0.2, 0.25) is 0 Å². The fourth-order valence-corrected chi connectivity index (χ4v) is 2.54. The van der Waals surface area contributed by atoms with E-state index in [4.69, 9.17) is 4.74 Å². The molecule has 0 radical (unpaired) electrons. The van der Waals surface area contributed by atoms with Gasteiger partial charge in [-0.1, -0.05) is 42.5 Å². The molecule has 1 N–H and O–H groups in total. The number of benzene rings is 3. The maximum atomic E-state index is 13.6. The minimum atomic E-state index is -0.903. The molecule has 5 heteroatoms. The number of hydrogen-bond donors (Lipinski definition) is 1. The highest BCUT2D eigenvalue weighted by Gasteiger charge is 2.18. The van der Waals surface area contributed by atoms with Crippen LogP contribution in [0.4, 0.5) is 10.1 Å². The Morgan fingerprint density at radius 3 is 2.56 bits per heavy atom. The van der Waals surface area contributed by atoms with Crippen molar-refractivity contribution in [2.75, 3.05) is 5.32 Å². The number of ether oxygens (including phenoxy) is 1. The van der Waals surface area contributed by atoms with Crippen molar-refractivity contribution in [1.29, 1.82) is 0 Å². The van der Waals surface area contributed by atoms with E-state index in [0.29, 0.717) is 17.6 Å². The first-order valence-corrected chi connectivity index (χ1v) is 7.79. The standard InChI is InChI=1S/C20H16FNO3/c1-13(20(24)22-18-9-5-4-8-17(18)21)25-19-11-10-14-6-2-3-7-15(14)16(19)12-23/h2-13H,1H3,(H,22,24)/t13-/m1/s1. The molecular weight excluding hydrogens is 321 g/mol. The van der Waals surface area contributed by atoms with Gasteiger partial charge in [-0.25, -0.2) is 4.39 Å². The van der Waals surface area contributed by atoms with Crippen LogP contribution >= 0.6 is 0 Å². The summed E-state index contributed by atoms with van der Waals surface area (Å²) in [5.41, 5.74) is 0.459. The third kappa shape index (κ3) is 3.50. The summed E-state index contributed by atoms with van der Waals surface area (Å²) in [5, 5.41) is 4.13. The molecule has 0 unspecified atom stereocenters. The second-order valence-electron chi connectivity index (χ2n) is 5.55. The molecule has 25 heavy (non-hydrogen) atoms. The normalized spacial score (nSPS) is 11.8. The lowest BCUT2D eigenvalue weighted by Gasteiger charge is -2.17. The first kappa shape index (κ1) is 16.6. The maximum Gasteiger partial charge on any atom is 0.265 e. The van der Waals surface area contributed by atoms with Gasteiger partial charge in [0.25, 0.3) is 5.91 Å². The lowest BCUT2D eigenvalue weighted by Crippen LogP contribution is -2.30. The highest BCUT2D eigenvalue weighted by Crippen LogP contribution is 2.27. The minimum absolute atomic E-state index is 0.0806. The van der Waals surface area contributed by atoms with Crippen LogP contribution in [0.5, 0.6) is 5.75 Å². The summed E-state index contributed by atoms with van der Waals surface area (Å²) in [6, 6.07) is 16.8. The number of anilines is 1. The van der Waals surface area contributed by atoms with Gasteiger partial charge >= 0.3 is 0 Å². The van der Waals surface area contributed by atoms with Crippen LogP contribution in [0, 0.1) is 5.82 Å². The number of amides is 1. The van der Waals surface area contributed by atoms with Crippen molar-refractivity contribution >= 4 is 28.7 Å². The topological polar surface area (TPSA) is 55.4 Å². The number of rotatable bonds is 5. The van der Waals surface area contributed by atoms with Crippen LogP contribution in [0.25, 0.3) is 10.8 Å². The molecule has 3 aromatic rings. The Morgan fingerprint density at radius 1 is 1.08 bits per heavy atom. The molecule has 3 rings (SSSR count). The van der Waals surface area contributed by atoms with Crippen molar-refractivity contribution < 1.29 is 18.7 Å². The van der Waals surface area contributed by atoms with Gasteiger partial charge in [-0.05, 0) is 35.9 Å². The zero-order valence-corrected chi connectivity index (χ0v) is 13.5. The SMILES string of the molecule is C[C@@H](Oc1ccc2ccccc2c1C=O)C(=O)Nc1ccccc1F. The summed E-state index contributed by atoms with van der Waals surface area (Å²) < 4.78 is 19.3. The van der Waals surface area contributed by atoms with E-state index in [1.54, 1.807) is 19.1 Å². The largest absolute Gasteiger partial charge is 0.480 e. The van der Waals surface area contributed by atoms with Gasteiger partial charge < -0.3 is 10.1 Å². The van der Waals surface area contributed by atoms with E-state index in [-0.39, 0.29) is 5.69 Å². The molecule has 0 aromatic heterocycles. The van der Waals surface area contributed by atoms with E-state index in [2.05, 4.69) is 5.32 Å². The number of para-hydroxylation sites is 1. The molecule has 4 nitrogen and oxygen atoms in total. The number of aldehydes is 1. The smallest absolute Gasteiger partial charge is 0.265 e. The first-order valence-electron chi connectivity index (χ1n) is 7.79. The average Bonchev–Trinajstić information content (AvgIpc) is 2.63. The fourth-order valence-electron chi connectivity index (χ4n) is 2.54. The van der Waals surface area contributed by atoms with E-state index >= 15 is 0 Å². The van der Waals surface area contributed by atoms with Gasteiger partial charge in [0.15, 0.2) is 12.4 Å². The number of fused-ring (bicyclic) bond motifs is 1. The number of nitrogens with one attached hydrogen (secondary N) is 1. The third-order valence-corrected chi connectivity index (χ3v) is 3.85. The predicted molar refractivity (Wildman–Crippen MR) is 94.5 cm³/mol. The van der Waals surface area contributed by atoms with E-state index in [1.165, 1.54) is 18.2 Å². The number of hydrogen-bond acceptors (Lipinski definition) is 3. The van der Waals surface area contributed by atoms with Crippen molar-refractivity contribution in [1.82, 2.24) is 0 Å². The minimum Gasteiger partial charge on any atom is -0.480 e. The quantitative estimate of drug-likeness (QED) is 0.710. The number of carbonyl (C=O) groups excluding carboxylic acids is 2. The zero-order chi connectivity index (χ0) is 17.8. The highest BCUT2D eigenvalue weighted by molar-refractivity contribution is 6.01. The van der Waals surface area contributed by atoms with Crippen LogP contribution in [0.3, 0.4) is 0 Å². The van der Waals surface area contributed by atoms with Crippen molar-refractivity contribution in [3.05, 3.63) is 72.0 Å². The summed E-state index contributed by atoms with van der Waals surface area (Å²) in [4.78, 5) is 23.7. The molecule has 126 valence electrons. The molecule has 0 heterocycles. The lowest BCUT2D eigenvalue weighted by atomic mass is 10.0. The molecule has 0 spiro atoms. The molecular formula is C20H16FNO3. The number of carbonyl (C=O) groups is 2. The van der Waals surface area contributed by atoms with Crippen LogP contribution < -0.4 is 10.1 Å². The van der Waals surface area contributed by atoms with Gasteiger partial charge in [-0.3, -0.25) is 9.59 Å². The Labute approximate surface area is 144 Å². The monoisotopic (exact) mass is 337 g/mol. The molecule has 0 fully saturated rings. The lowest BCUT2D eigenvalue weighted by molar-refractivity contribution is -0.122. The van der Waals surface area contributed by atoms with Crippen molar-refractivity contribution in [2.24, 2.45) is 0 Å². The number of halogens is 1. The van der Waals surface area contributed by atoms with Gasteiger partial charge in [-0.15, -0.1) is 0 Å². The molecule has 0 bridgehead atoms. The Bertz CT molecular complexity index is 939. The first-order chi connectivity index (χ1) is 12.1. The summed E-state index contributed by atoms with van der Waals surface area (Å²) in [7, 11) is 0. The Balaban J connectivity index is 1.82. The van der Waals surface area contributed by atoms with E-state index in [0.717, 1.165) is 10.8 Å². The van der Waals surface area contributed by atoms with Gasteiger partial charge in [0, 0.05) is 0 Å². The van der Waals surface area contributed by atoms with Crippen LogP contribution in [0.15, 0.2) is 60.7 Å². The van der Waals surface area contributed by atoms with E-state index in [9.17, 15) is 14.0 Å². The summed E-state index contributed by atoms with van der Waals surface area (Å²) in [5.74, 6) is -0.720. The molecule has 1 atom stereocenters. The van der Waals surface area contributed by atoms with Crippen molar-refractivity contribution in [3.8, 4) is 5.75 Å². The molecule has 0 aliphatic heterocycles. The van der Waals surface area contributed by atoms with E-state index in [1.807, 2.05) is 30.3 Å². The van der Waals surface area contributed by atoms with Crippen LogP contribution in [0.1, 0.15) is 17.3 Å². The second-order valence-corrected chi connectivity index (χ2v) is 5.55. The second kappa shape index (κ2) is 7.13. The Hall–Kier alpha value is -3.21. The maximum absolute atomic E-state index is 13.6. The van der Waals surface area contributed by atoms with Crippen LogP contribution in [-0.4, -0.2) is 18.3 Å². The zero-order valence-electron chi connectivity index (χ0n) is 13.5. The fraction of sp³-hybridized carbons (Fsp3) is 0.100. The average molecular weight is 337 g/mol. The van der Waals surface area contributed by atoms with Crippen LogP contribution in [0.2, 0.25) is 0 Å². The molecule has 1 amide bonds. The van der Waals surface area contributed by atoms with E-state index < -0.39 is 17.8 Å². The van der Waals surface area contributed by atoms with Crippen molar-refractivity contribution in [3.63, 3.8) is 0 Å². The summed E-state index contributed by atoms with van der Waals surface area (Å²) in [6.07, 6.45) is -0.196. The summed E-state index contributed by atoms with van der Waals surface area (Å²) in [6.45, 7) is 1.54. The van der Waals surface area contributed by atoms with Crippen LogP contribution in [-0.2, 0) is 4.79 Å². The third-order valence-electron chi connectivity index (χ3n) is 3.85. The highest BCUT2D eigenvalue weighted by atomic mass is 19.1. The molecule has 0 saturated carbocycles. The Morgan fingerprint density at radius 2 is 1.80 bits per heavy atom. The van der Waals surface area contributed by atoms with Gasteiger partial charge in [-0.2, -0.15) is 0 Å². The molecule has 0 aliphatic rings. The molecule has 3 aromatic carbocycles. The van der Waals surface area contributed by atoms with Gasteiger partial charge in [0.1, 0.15) is 11.6 Å². The molecule has 0 aliphatic carbocycles. The van der Waals surface area contributed by atoms with Crippen molar-refractivity contribution in [2.45, 2.75) is 13.0 Å². The van der Waals surface area contributed by atoms with Gasteiger partial charge in [0.05, 0.1) is 11.3 Å². The summed E-state index contributed by atoms with van der Waals surface area (Å²) >= 11 is 0. The Kier molecular flexibility index (Phi) is 4.75. The predicted octanol–water partition coefficient (Wildman–Crippen LogP) is 4.20. The molecule has 0 saturated heterocycles.